The molecule has 18 heavy (non-hydrogen) atoms. The molecule has 2 aliphatic heterocycles. The SMILES string of the molecule is CC1NCCC1CN1CCCCc2ccccc21. The van der Waals surface area contributed by atoms with Crippen molar-refractivity contribution in [2.24, 2.45) is 5.92 Å². The molecule has 0 bridgehead atoms. The summed E-state index contributed by atoms with van der Waals surface area (Å²) in [5.41, 5.74) is 3.04. The van der Waals surface area contributed by atoms with Crippen molar-refractivity contribution < 1.29 is 0 Å². The van der Waals surface area contributed by atoms with Crippen LogP contribution in [0.15, 0.2) is 24.3 Å². The summed E-state index contributed by atoms with van der Waals surface area (Å²) in [5.74, 6) is 0.816. The Balaban J connectivity index is 1.79. The molecule has 2 heteroatoms. The lowest BCUT2D eigenvalue weighted by Gasteiger charge is -2.29. The molecule has 1 aromatic rings. The van der Waals surface area contributed by atoms with Crippen LogP contribution in [0, 0.1) is 5.92 Å². The second-order valence-corrected chi connectivity index (χ2v) is 5.82. The smallest absolute Gasteiger partial charge is 0.0398 e. The van der Waals surface area contributed by atoms with Crippen molar-refractivity contribution in [3.63, 3.8) is 0 Å². The molecule has 3 rings (SSSR count). The molecule has 0 aliphatic carbocycles. The minimum atomic E-state index is 0.681. The monoisotopic (exact) mass is 244 g/mol. The number of nitrogens with one attached hydrogen (secondary N) is 1. The van der Waals surface area contributed by atoms with Crippen molar-refractivity contribution in [1.82, 2.24) is 5.32 Å². The van der Waals surface area contributed by atoms with Crippen LogP contribution in [-0.2, 0) is 6.42 Å². The summed E-state index contributed by atoms with van der Waals surface area (Å²) in [6, 6.07) is 9.67. The Labute approximate surface area is 110 Å². The second kappa shape index (κ2) is 5.31. The van der Waals surface area contributed by atoms with Crippen LogP contribution in [0.3, 0.4) is 0 Å². The molecule has 0 saturated carbocycles. The molecule has 98 valence electrons. The lowest BCUT2D eigenvalue weighted by molar-refractivity contribution is 0.467. The Morgan fingerprint density at radius 2 is 2.17 bits per heavy atom. The van der Waals surface area contributed by atoms with E-state index < -0.39 is 0 Å². The minimum absolute atomic E-state index is 0.681. The first-order chi connectivity index (χ1) is 8.84. The van der Waals surface area contributed by atoms with Crippen molar-refractivity contribution in [2.45, 2.75) is 38.6 Å². The third kappa shape index (κ3) is 2.39. The summed E-state index contributed by atoms with van der Waals surface area (Å²) < 4.78 is 0. The summed E-state index contributed by atoms with van der Waals surface area (Å²) in [6.45, 7) is 5.99. The average Bonchev–Trinajstić information content (AvgIpc) is 2.68. The van der Waals surface area contributed by atoms with Gasteiger partial charge in [0.15, 0.2) is 0 Å². The van der Waals surface area contributed by atoms with Gasteiger partial charge in [-0.15, -0.1) is 0 Å². The van der Waals surface area contributed by atoms with E-state index in [1.54, 1.807) is 5.56 Å². The number of hydrogen-bond acceptors (Lipinski definition) is 2. The van der Waals surface area contributed by atoms with Gasteiger partial charge in [-0.2, -0.15) is 0 Å². The van der Waals surface area contributed by atoms with E-state index in [1.807, 2.05) is 0 Å². The van der Waals surface area contributed by atoms with E-state index in [1.165, 1.54) is 51.0 Å². The number of hydrogen-bond donors (Lipinski definition) is 1. The van der Waals surface area contributed by atoms with Crippen molar-refractivity contribution in [3.05, 3.63) is 29.8 Å². The van der Waals surface area contributed by atoms with E-state index in [0.29, 0.717) is 6.04 Å². The van der Waals surface area contributed by atoms with Crippen LogP contribution in [0.5, 0.6) is 0 Å². The fourth-order valence-corrected chi connectivity index (χ4v) is 3.40. The van der Waals surface area contributed by atoms with Crippen molar-refractivity contribution in [2.75, 3.05) is 24.5 Å². The molecule has 1 aromatic carbocycles. The highest BCUT2D eigenvalue weighted by Crippen LogP contribution is 2.28. The third-order valence-electron chi connectivity index (χ3n) is 4.60. The zero-order chi connectivity index (χ0) is 12.4. The topological polar surface area (TPSA) is 15.3 Å². The molecule has 2 atom stereocenters. The van der Waals surface area contributed by atoms with Gasteiger partial charge in [0.25, 0.3) is 0 Å². The van der Waals surface area contributed by atoms with Crippen molar-refractivity contribution >= 4 is 5.69 Å². The molecule has 1 fully saturated rings. The number of para-hydroxylation sites is 1. The van der Waals surface area contributed by atoms with Gasteiger partial charge in [-0.3, -0.25) is 0 Å². The predicted molar refractivity (Wildman–Crippen MR) is 77.2 cm³/mol. The fourth-order valence-electron chi connectivity index (χ4n) is 3.40. The summed E-state index contributed by atoms with van der Waals surface area (Å²) in [4.78, 5) is 2.64. The lowest BCUT2D eigenvalue weighted by Crippen LogP contribution is -2.35. The summed E-state index contributed by atoms with van der Waals surface area (Å²) in [7, 11) is 0. The van der Waals surface area contributed by atoms with E-state index in [-0.39, 0.29) is 0 Å². The van der Waals surface area contributed by atoms with Gasteiger partial charge >= 0.3 is 0 Å². The molecule has 0 amide bonds. The number of anilines is 1. The van der Waals surface area contributed by atoms with Crippen LogP contribution < -0.4 is 10.2 Å². The molecule has 2 unspecified atom stereocenters. The number of benzene rings is 1. The molecular formula is C16H24N2. The summed E-state index contributed by atoms with van der Waals surface area (Å²) in [6.07, 6.45) is 5.26. The zero-order valence-electron chi connectivity index (χ0n) is 11.4. The number of aryl methyl sites for hydroxylation is 1. The van der Waals surface area contributed by atoms with Crippen molar-refractivity contribution in [3.8, 4) is 0 Å². The molecule has 2 nitrogen and oxygen atoms in total. The van der Waals surface area contributed by atoms with E-state index in [0.717, 1.165) is 5.92 Å². The Morgan fingerprint density at radius 3 is 3.00 bits per heavy atom. The number of rotatable bonds is 2. The second-order valence-electron chi connectivity index (χ2n) is 5.82. The lowest BCUT2D eigenvalue weighted by atomic mass is 10.0. The molecular weight excluding hydrogens is 220 g/mol. The molecule has 1 N–H and O–H groups in total. The number of fused-ring (bicyclic) bond motifs is 1. The highest BCUT2D eigenvalue weighted by Gasteiger charge is 2.26. The Kier molecular flexibility index (Phi) is 3.55. The van der Waals surface area contributed by atoms with Gasteiger partial charge in [0.2, 0.25) is 0 Å². The Morgan fingerprint density at radius 1 is 1.28 bits per heavy atom. The maximum absolute atomic E-state index is 3.57. The van der Waals surface area contributed by atoms with E-state index in [4.69, 9.17) is 0 Å². The highest BCUT2D eigenvalue weighted by molar-refractivity contribution is 5.54. The summed E-state index contributed by atoms with van der Waals surface area (Å²) >= 11 is 0. The van der Waals surface area contributed by atoms with Gasteiger partial charge in [0, 0.05) is 24.8 Å². The van der Waals surface area contributed by atoms with Crippen LogP contribution in [0.1, 0.15) is 31.7 Å². The first kappa shape index (κ1) is 12.0. The van der Waals surface area contributed by atoms with Crippen LogP contribution in [-0.4, -0.2) is 25.7 Å². The molecule has 2 aliphatic rings. The molecule has 0 aromatic heterocycles. The van der Waals surface area contributed by atoms with E-state index in [2.05, 4.69) is 41.4 Å². The average molecular weight is 244 g/mol. The largest absolute Gasteiger partial charge is 0.371 e. The van der Waals surface area contributed by atoms with Gasteiger partial charge in [0.05, 0.1) is 0 Å². The van der Waals surface area contributed by atoms with Gasteiger partial charge in [-0.1, -0.05) is 18.2 Å². The molecule has 0 spiro atoms. The maximum atomic E-state index is 3.57. The van der Waals surface area contributed by atoms with Crippen LogP contribution in [0.25, 0.3) is 0 Å². The Hall–Kier alpha value is -1.02. The fraction of sp³-hybridized carbons (Fsp3) is 0.625. The van der Waals surface area contributed by atoms with Gasteiger partial charge in [0.1, 0.15) is 0 Å². The minimum Gasteiger partial charge on any atom is -0.371 e. The van der Waals surface area contributed by atoms with E-state index >= 15 is 0 Å². The Bertz CT molecular complexity index is 402. The molecule has 1 saturated heterocycles. The van der Waals surface area contributed by atoms with Gasteiger partial charge in [-0.05, 0) is 56.7 Å². The summed E-state index contributed by atoms with van der Waals surface area (Å²) in [5, 5.41) is 3.57. The van der Waals surface area contributed by atoms with Crippen LogP contribution in [0.2, 0.25) is 0 Å². The van der Waals surface area contributed by atoms with E-state index in [9.17, 15) is 0 Å². The zero-order valence-corrected chi connectivity index (χ0v) is 11.4. The number of nitrogens with zero attached hydrogens (tertiary/aromatic N) is 1. The molecule has 0 radical (unpaired) electrons. The first-order valence-corrected chi connectivity index (χ1v) is 7.41. The quantitative estimate of drug-likeness (QED) is 0.860. The van der Waals surface area contributed by atoms with Gasteiger partial charge < -0.3 is 10.2 Å². The third-order valence-corrected chi connectivity index (χ3v) is 4.60. The van der Waals surface area contributed by atoms with Crippen LogP contribution >= 0.6 is 0 Å². The predicted octanol–water partition coefficient (Wildman–Crippen LogP) is 2.83. The standard InChI is InChI=1S/C16H24N2/c1-13-15(9-10-17-13)12-18-11-5-4-7-14-6-2-3-8-16(14)18/h2-3,6,8,13,15,17H,4-5,7,9-12H2,1H3. The molecule has 2 heterocycles. The normalized spacial score (nSPS) is 27.9. The van der Waals surface area contributed by atoms with Crippen molar-refractivity contribution in [1.29, 1.82) is 0 Å². The van der Waals surface area contributed by atoms with Gasteiger partial charge in [-0.25, -0.2) is 0 Å². The first-order valence-electron chi connectivity index (χ1n) is 7.41. The van der Waals surface area contributed by atoms with Crippen LogP contribution in [0.4, 0.5) is 5.69 Å². The maximum Gasteiger partial charge on any atom is 0.0398 e. The highest BCUT2D eigenvalue weighted by atomic mass is 15.1.